The van der Waals surface area contributed by atoms with Gasteiger partial charge in [0.25, 0.3) is 5.91 Å². The monoisotopic (exact) mass is 353 g/mol. The van der Waals surface area contributed by atoms with Crippen molar-refractivity contribution < 1.29 is 13.9 Å². The maximum absolute atomic E-state index is 12.1. The van der Waals surface area contributed by atoms with Crippen LogP contribution in [0.15, 0.2) is 58.1 Å². The molecule has 1 amide bonds. The minimum absolute atomic E-state index is 0.157. The van der Waals surface area contributed by atoms with Crippen LogP contribution in [0.4, 0.5) is 0 Å². The molecule has 134 valence electrons. The summed E-state index contributed by atoms with van der Waals surface area (Å²) in [6.07, 6.45) is 3.63. The third-order valence-corrected chi connectivity index (χ3v) is 3.90. The van der Waals surface area contributed by atoms with Crippen molar-refractivity contribution in [2.45, 2.75) is 6.42 Å². The average Bonchev–Trinajstić information content (AvgIpc) is 3.13. The van der Waals surface area contributed by atoms with Gasteiger partial charge in [0, 0.05) is 37.8 Å². The lowest BCUT2D eigenvalue weighted by Crippen LogP contribution is -2.27. The number of aromatic nitrogens is 2. The predicted molar refractivity (Wildman–Crippen MR) is 96.2 cm³/mol. The largest absolute Gasteiger partial charge is 0.497 e. The maximum atomic E-state index is 12.1. The molecular formula is C19H19N3O4. The van der Waals surface area contributed by atoms with Gasteiger partial charge in [-0.15, -0.1) is 0 Å². The Morgan fingerprint density at radius 2 is 2.00 bits per heavy atom. The molecule has 26 heavy (non-hydrogen) atoms. The van der Waals surface area contributed by atoms with E-state index in [2.05, 4.69) is 10.3 Å². The van der Waals surface area contributed by atoms with Gasteiger partial charge in [-0.05, 0) is 30.3 Å². The number of methoxy groups -OCH3 is 1. The number of carbonyl (C=O) groups excluding carboxylic acids is 1. The summed E-state index contributed by atoms with van der Waals surface area (Å²) >= 11 is 0. The fourth-order valence-electron chi connectivity index (χ4n) is 2.42. The zero-order valence-electron chi connectivity index (χ0n) is 14.6. The number of nitrogens with one attached hydrogen (secondary N) is 1. The number of nitrogens with zero attached hydrogens (tertiary/aromatic N) is 2. The molecule has 0 saturated heterocycles. The van der Waals surface area contributed by atoms with E-state index >= 15 is 0 Å². The van der Waals surface area contributed by atoms with Crippen LogP contribution in [-0.2, 0) is 13.5 Å². The maximum Gasteiger partial charge on any atom is 0.252 e. The first-order chi connectivity index (χ1) is 12.6. The van der Waals surface area contributed by atoms with Crippen LogP contribution in [0.3, 0.4) is 0 Å². The van der Waals surface area contributed by atoms with E-state index in [1.807, 2.05) is 24.3 Å². The second-order valence-corrected chi connectivity index (χ2v) is 5.75. The SMILES string of the molecule is COc1ccc(-c2nc(CCNC(=O)c3ccc(=O)n(C)c3)co2)cc1. The second-order valence-electron chi connectivity index (χ2n) is 5.75. The highest BCUT2D eigenvalue weighted by Gasteiger charge is 2.09. The third-order valence-electron chi connectivity index (χ3n) is 3.90. The van der Waals surface area contributed by atoms with E-state index in [1.54, 1.807) is 20.4 Å². The lowest BCUT2D eigenvalue weighted by Gasteiger charge is -2.05. The molecule has 1 N–H and O–H groups in total. The van der Waals surface area contributed by atoms with E-state index in [9.17, 15) is 9.59 Å². The second kappa shape index (κ2) is 7.69. The van der Waals surface area contributed by atoms with Gasteiger partial charge in [0.15, 0.2) is 0 Å². The van der Waals surface area contributed by atoms with Gasteiger partial charge in [-0.1, -0.05) is 0 Å². The van der Waals surface area contributed by atoms with Crippen LogP contribution in [0.5, 0.6) is 5.75 Å². The van der Waals surface area contributed by atoms with Crippen molar-refractivity contribution in [3.8, 4) is 17.2 Å². The molecule has 0 fully saturated rings. The van der Waals surface area contributed by atoms with Crippen molar-refractivity contribution >= 4 is 5.91 Å². The summed E-state index contributed by atoms with van der Waals surface area (Å²) in [5.41, 5.74) is 1.88. The van der Waals surface area contributed by atoms with Gasteiger partial charge in [-0.25, -0.2) is 4.98 Å². The number of ether oxygens (including phenoxy) is 1. The van der Waals surface area contributed by atoms with Crippen LogP contribution in [0.25, 0.3) is 11.5 Å². The van der Waals surface area contributed by atoms with Crippen LogP contribution < -0.4 is 15.6 Å². The van der Waals surface area contributed by atoms with Crippen molar-refractivity contribution in [2.24, 2.45) is 7.05 Å². The lowest BCUT2D eigenvalue weighted by molar-refractivity contribution is 0.0953. The Kier molecular flexibility index (Phi) is 5.17. The van der Waals surface area contributed by atoms with E-state index in [-0.39, 0.29) is 11.5 Å². The molecule has 0 unspecified atom stereocenters. The normalized spacial score (nSPS) is 10.5. The quantitative estimate of drug-likeness (QED) is 0.733. The lowest BCUT2D eigenvalue weighted by atomic mass is 10.2. The molecule has 0 radical (unpaired) electrons. The van der Waals surface area contributed by atoms with Gasteiger partial charge in [-0.3, -0.25) is 9.59 Å². The topological polar surface area (TPSA) is 86.4 Å². The van der Waals surface area contributed by atoms with Gasteiger partial charge in [0.1, 0.15) is 12.0 Å². The highest BCUT2D eigenvalue weighted by molar-refractivity contribution is 5.93. The first-order valence-electron chi connectivity index (χ1n) is 8.10. The molecule has 0 aliphatic rings. The Morgan fingerprint density at radius 1 is 1.23 bits per heavy atom. The Bertz CT molecular complexity index is 957. The number of aryl methyl sites for hydroxylation is 1. The van der Waals surface area contributed by atoms with Gasteiger partial charge >= 0.3 is 0 Å². The summed E-state index contributed by atoms with van der Waals surface area (Å²) in [7, 11) is 3.22. The average molecular weight is 353 g/mol. The summed E-state index contributed by atoms with van der Waals surface area (Å²) in [4.78, 5) is 27.9. The van der Waals surface area contributed by atoms with E-state index in [0.717, 1.165) is 17.0 Å². The standard InChI is InChI=1S/C19H19N3O4/c1-22-11-14(5-8-17(22)23)18(24)20-10-9-15-12-26-19(21-15)13-3-6-16(25-2)7-4-13/h3-8,11-12H,9-10H2,1-2H3,(H,20,24). The smallest absolute Gasteiger partial charge is 0.252 e. The molecule has 0 aliphatic heterocycles. The zero-order chi connectivity index (χ0) is 18.5. The summed E-state index contributed by atoms with van der Waals surface area (Å²) in [5.74, 6) is 1.05. The number of carbonyl (C=O) groups is 1. The third kappa shape index (κ3) is 4.00. The molecular weight excluding hydrogens is 334 g/mol. The molecule has 0 atom stereocenters. The van der Waals surface area contributed by atoms with Crippen molar-refractivity contribution in [1.29, 1.82) is 0 Å². The Hall–Kier alpha value is -3.35. The molecule has 0 bridgehead atoms. The van der Waals surface area contributed by atoms with Crippen LogP contribution in [0, 0.1) is 0 Å². The van der Waals surface area contributed by atoms with Crippen molar-refractivity contribution in [3.63, 3.8) is 0 Å². The molecule has 0 spiro atoms. The van der Waals surface area contributed by atoms with E-state index in [0.29, 0.717) is 24.4 Å². The van der Waals surface area contributed by atoms with E-state index < -0.39 is 0 Å². The number of amides is 1. The summed E-state index contributed by atoms with van der Waals surface area (Å²) in [5, 5.41) is 2.81. The summed E-state index contributed by atoms with van der Waals surface area (Å²) < 4.78 is 12.0. The van der Waals surface area contributed by atoms with Crippen molar-refractivity contribution in [2.75, 3.05) is 13.7 Å². The van der Waals surface area contributed by atoms with E-state index in [1.165, 1.54) is 22.9 Å². The highest BCUT2D eigenvalue weighted by Crippen LogP contribution is 2.21. The molecule has 7 nitrogen and oxygen atoms in total. The molecule has 3 rings (SSSR count). The van der Waals surface area contributed by atoms with Crippen molar-refractivity contribution in [1.82, 2.24) is 14.9 Å². The van der Waals surface area contributed by atoms with Crippen LogP contribution >= 0.6 is 0 Å². The molecule has 0 saturated carbocycles. The van der Waals surface area contributed by atoms with Gasteiger partial charge < -0.3 is 19.0 Å². The van der Waals surface area contributed by atoms with Gasteiger partial charge in [0.2, 0.25) is 11.4 Å². The first kappa shape index (κ1) is 17.5. The first-order valence-corrected chi connectivity index (χ1v) is 8.10. The Labute approximate surface area is 150 Å². The summed E-state index contributed by atoms with van der Waals surface area (Å²) in [6.45, 7) is 0.413. The predicted octanol–water partition coefficient (Wildman–Crippen LogP) is 2.02. The van der Waals surface area contributed by atoms with Crippen LogP contribution in [0.1, 0.15) is 16.1 Å². The number of rotatable bonds is 6. The number of hydrogen-bond donors (Lipinski definition) is 1. The van der Waals surface area contributed by atoms with E-state index in [4.69, 9.17) is 9.15 Å². The minimum Gasteiger partial charge on any atom is -0.497 e. The Morgan fingerprint density at radius 3 is 2.69 bits per heavy atom. The number of benzene rings is 1. The molecule has 1 aromatic carbocycles. The molecule has 0 aliphatic carbocycles. The minimum atomic E-state index is -0.237. The molecule has 2 aromatic heterocycles. The number of pyridine rings is 1. The van der Waals surface area contributed by atoms with Crippen molar-refractivity contribution in [3.05, 3.63) is 70.5 Å². The molecule has 7 heteroatoms. The highest BCUT2D eigenvalue weighted by atomic mass is 16.5. The number of hydrogen-bond acceptors (Lipinski definition) is 5. The van der Waals surface area contributed by atoms with Crippen LogP contribution in [-0.4, -0.2) is 29.1 Å². The summed E-state index contributed by atoms with van der Waals surface area (Å²) in [6, 6.07) is 10.3. The molecule has 2 heterocycles. The fourth-order valence-corrected chi connectivity index (χ4v) is 2.42. The van der Waals surface area contributed by atoms with Gasteiger partial charge in [-0.2, -0.15) is 0 Å². The van der Waals surface area contributed by atoms with Gasteiger partial charge in [0.05, 0.1) is 18.4 Å². The fraction of sp³-hybridized carbons (Fsp3) is 0.211. The van der Waals surface area contributed by atoms with Crippen LogP contribution in [0.2, 0.25) is 0 Å². The number of oxazole rings is 1. The Balaban J connectivity index is 1.56. The molecule has 3 aromatic rings. The zero-order valence-corrected chi connectivity index (χ0v) is 14.6.